The van der Waals surface area contributed by atoms with Crippen molar-refractivity contribution in [1.82, 2.24) is 62.6 Å². The van der Waals surface area contributed by atoms with Gasteiger partial charge in [0.25, 0.3) is 0 Å². The Kier molecular flexibility index (Phi) is 26.8. The van der Waals surface area contributed by atoms with Gasteiger partial charge in [0, 0.05) is 13.1 Å². The van der Waals surface area contributed by atoms with Crippen LogP contribution in [-0.4, -0.2) is 229 Å². The number of hydrogen-bond donors (Lipinski definition) is 13. The van der Waals surface area contributed by atoms with Gasteiger partial charge < -0.3 is 77.7 Å². The van der Waals surface area contributed by atoms with Crippen molar-refractivity contribution in [3.8, 4) is 0 Å². The molecule has 30 nitrogen and oxygen atoms in total. The van der Waals surface area contributed by atoms with Crippen molar-refractivity contribution >= 4 is 82.9 Å². The molecule has 10 amide bonds. The average molecular weight is 891 g/mol. The van der Waals surface area contributed by atoms with Crippen LogP contribution in [0.4, 0.5) is 0 Å². The van der Waals surface area contributed by atoms with Crippen LogP contribution in [0.5, 0.6) is 0 Å². The average Bonchev–Trinajstić information content (AvgIpc) is 3.18. The Hall–Kier alpha value is -7.50. The Balaban J connectivity index is 4.87. The van der Waals surface area contributed by atoms with E-state index in [1.54, 1.807) is 6.92 Å². The third kappa shape index (κ3) is 28.0. The van der Waals surface area contributed by atoms with E-state index in [1.807, 2.05) is 0 Å². The largest absolute Gasteiger partial charge is 0.480 e. The van der Waals surface area contributed by atoms with Crippen LogP contribution in [0.25, 0.3) is 0 Å². The molecule has 346 valence electrons. The van der Waals surface area contributed by atoms with Crippen LogP contribution in [0.1, 0.15) is 6.92 Å². The maximum absolute atomic E-state index is 12.7. The molecule has 0 fully saturated rings. The first kappa shape index (κ1) is 54.5. The van der Waals surface area contributed by atoms with Gasteiger partial charge in [-0.1, -0.05) is 6.92 Å². The van der Waals surface area contributed by atoms with E-state index in [1.165, 1.54) is 0 Å². The molecule has 13 N–H and O–H groups in total. The van der Waals surface area contributed by atoms with Crippen LogP contribution in [0.2, 0.25) is 0 Å². The van der Waals surface area contributed by atoms with Gasteiger partial charge in [0.05, 0.1) is 52.4 Å². The standard InChI is InChI=1S/C32H50N12O18/c1-2-33-5-19(45)39-9-26(52)44(18-32(61)62)15-25(51)38-8-22(48)41-11-28(54)43(17-31(59)60)14-24(50)36-4-3-35-23(49)13-42(16-30(57)58)27(53)10-40-21(47)7-37-20(46)6-34-12-29(55)56/h33-34H,2-18H2,1H3,(H,35,49)(H,36,50)(H,37,46)(H,38,51)(H,39,45)(H,40,47)(H,41,48)(H,55,56)(H,57,58)(H,59,60)(H,61,62). The Bertz CT molecular complexity index is 1680. The van der Waals surface area contributed by atoms with Crippen molar-refractivity contribution in [2.75, 3.05) is 111 Å². The summed E-state index contributed by atoms with van der Waals surface area (Å²) in [6, 6.07) is 0. The Labute approximate surface area is 351 Å². The summed E-state index contributed by atoms with van der Waals surface area (Å²) in [6.07, 6.45) is 0. The van der Waals surface area contributed by atoms with Crippen molar-refractivity contribution in [3.05, 3.63) is 0 Å². The van der Waals surface area contributed by atoms with Gasteiger partial charge in [-0.05, 0) is 6.54 Å². The summed E-state index contributed by atoms with van der Waals surface area (Å²) in [7, 11) is 0. The molecule has 0 spiro atoms. The van der Waals surface area contributed by atoms with E-state index in [4.69, 9.17) is 15.3 Å². The summed E-state index contributed by atoms with van der Waals surface area (Å²) < 4.78 is 0. The fourth-order valence-electron chi connectivity index (χ4n) is 4.27. The van der Waals surface area contributed by atoms with E-state index in [0.29, 0.717) is 21.2 Å². The molecule has 30 heteroatoms. The Morgan fingerprint density at radius 1 is 0.323 bits per heavy atom. The molecule has 0 saturated heterocycles. The topological polar surface area (TPSA) is 438 Å². The number of rotatable bonds is 32. The van der Waals surface area contributed by atoms with Gasteiger partial charge in [-0.3, -0.25) is 72.4 Å². The minimum atomic E-state index is -1.54. The zero-order valence-electron chi connectivity index (χ0n) is 33.4. The molecule has 62 heavy (non-hydrogen) atoms. The minimum absolute atomic E-state index is 0.113. The minimum Gasteiger partial charge on any atom is -0.480 e. The van der Waals surface area contributed by atoms with Gasteiger partial charge in [0.2, 0.25) is 59.1 Å². The second-order valence-electron chi connectivity index (χ2n) is 12.3. The molecule has 0 aliphatic rings. The van der Waals surface area contributed by atoms with Crippen molar-refractivity contribution in [2.24, 2.45) is 0 Å². The molecule has 0 aromatic rings. The number of nitrogens with one attached hydrogen (secondary N) is 9. The van der Waals surface area contributed by atoms with Crippen LogP contribution in [-0.2, 0) is 67.1 Å². The summed E-state index contributed by atoms with van der Waals surface area (Å²) in [5, 5.41) is 56.2. The second-order valence-corrected chi connectivity index (χ2v) is 12.3. The summed E-state index contributed by atoms with van der Waals surface area (Å²) in [6.45, 7) is -8.40. The number of nitrogens with zero attached hydrogens (tertiary/aromatic N) is 3. The molecule has 0 bridgehead atoms. The van der Waals surface area contributed by atoms with Gasteiger partial charge in [-0.15, -0.1) is 0 Å². The first-order chi connectivity index (χ1) is 29.1. The van der Waals surface area contributed by atoms with Crippen LogP contribution in [0.15, 0.2) is 0 Å². The van der Waals surface area contributed by atoms with Crippen molar-refractivity contribution in [1.29, 1.82) is 0 Å². The van der Waals surface area contributed by atoms with Crippen molar-refractivity contribution in [3.63, 3.8) is 0 Å². The lowest BCUT2D eigenvalue weighted by atomic mass is 10.3. The Morgan fingerprint density at radius 3 is 0.935 bits per heavy atom. The summed E-state index contributed by atoms with van der Waals surface area (Å²) in [5.74, 6) is -14.7. The first-order valence-corrected chi connectivity index (χ1v) is 18.1. The molecule has 0 aromatic heterocycles. The molecule has 0 aliphatic carbocycles. The first-order valence-electron chi connectivity index (χ1n) is 18.1. The van der Waals surface area contributed by atoms with Crippen LogP contribution in [0, 0.1) is 0 Å². The van der Waals surface area contributed by atoms with Crippen molar-refractivity contribution < 1.29 is 87.5 Å². The molecular formula is C32H50N12O18. The number of aliphatic carboxylic acids is 4. The van der Waals surface area contributed by atoms with Gasteiger partial charge in [-0.25, -0.2) is 0 Å². The number of carbonyl (C=O) groups excluding carboxylic acids is 10. The zero-order chi connectivity index (χ0) is 47.2. The third-order valence-corrected chi connectivity index (χ3v) is 7.11. The SMILES string of the molecule is CCNCC(=O)NCC(=O)N(CC(=O)O)CC(=O)NCC(=O)NCC(=O)N(CC(=O)O)CC(=O)NCCNC(=O)CN(CC(=O)O)C(=O)CNC(=O)CNC(=O)CNCC(=O)O. The van der Waals surface area contributed by atoms with E-state index < -0.39 is 168 Å². The second kappa shape index (κ2) is 30.5. The predicted molar refractivity (Wildman–Crippen MR) is 203 cm³/mol. The normalized spacial score (nSPS) is 10.1. The third-order valence-electron chi connectivity index (χ3n) is 7.11. The molecule has 0 atom stereocenters. The number of amides is 10. The van der Waals surface area contributed by atoms with Gasteiger partial charge >= 0.3 is 23.9 Å². The summed E-state index contributed by atoms with van der Waals surface area (Å²) in [5.41, 5.74) is 0. The van der Waals surface area contributed by atoms with Crippen molar-refractivity contribution in [2.45, 2.75) is 6.92 Å². The van der Waals surface area contributed by atoms with Gasteiger partial charge in [0.1, 0.15) is 39.3 Å². The lowest BCUT2D eigenvalue weighted by Gasteiger charge is -2.21. The highest BCUT2D eigenvalue weighted by atomic mass is 16.4. The number of likely N-dealkylation sites (N-methyl/N-ethyl adjacent to an activating group) is 1. The van der Waals surface area contributed by atoms with Crippen LogP contribution >= 0.6 is 0 Å². The number of hydrogen-bond acceptors (Lipinski definition) is 16. The highest BCUT2D eigenvalue weighted by Gasteiger charge is 2.24. The number of carboxylic acids is 4. The lowest BCUT2D eigenvalue weighted by Crippen LogP contribution is -2.50. The molecule has 0 aliphatic heterocycles. The molecule has 0 aromatic carbocycles. The van der Waals surface area contributed by atoms with E-state index in [-0.39, 0.29) is 19.6 Å². The van der Waals surface area contributed by atoms with E-state index in [2.05, 4.69) is 47.9 Å². The maximum atomic E-state index is 12.7. The number of carboxylic acid groups (broad SMARTS) is 4. The quantitative estimate of drug-likeness (QED) is 0.0279. The fourth-order valence-corrected chi connectivity index (χ4v) is 4.27. The van der Waals surface area contributed by atoms with Gasteiger partial charge in [0.15, 0.2) is 0 Å². The zero-order valence-corrected chi connectivity index (χ0v) is 33.4. The van der Waals surface area contributed by atoms with Crippen LogP contribution < -0.4 is 47.9 Å². The van der Waals surface area contributed by atoms with Crippen LogP contribution in [0.3, 0.4) is 0 Å². The van der Waals surface area contributed by atoms with E-state index >= 15 is 0 Å². The fraction of sp³-hybridized carbons (Fsp3) is 0.562. The molecule has 0 rings (SSSR count). The monoisotopic (exact) mass is 890 g/mol. The lowest BCUT2D eigenvalue weighted by molar-refractivity contribution is -0.146. The molecule has 0 radical (unpaired) electrons. The summed E-state index contributed by atoms with van der Waals surface area (Å²) >= 11 is 0. The molecular weight excluding hydrogens is 840 g/mol. The van der Waals surface area contributed by atoms with E-state index in [9.17, 15) is 72.2 Å². The number of carbonyl (C=O) groups is 14. The summed E-state index contributed by atoms with van der Waals surface area (Å²) in [4.78, 5) is 168. The molecule has 0 saturated carbocycles. The highest BCUT2D eigenvalue weighted by molar-refractivity contribution is 5.94. The highest BCUT2D eigenvalue weighted by Crippen LogP contribution is 1.94. The smallest absolute Gasteiger partial charge is 0.323 e. The van der Waals surface area contributed by atoms with Gasteiger partial charge in [-0.2, -0.15) is 0 Å². The van der Waals surface area contributed by atoms with E-state index in [0.717, 1.165) is 0 Å². The maximum Gasteiger partial charge on any atom is 0.323 e. The molecule has 0 unspecified atom stereocenters. The Morgan fingerprint density at radius 2 is 0.613 bits per heavy atom. The predicted octanol–water partition coefficient (Wildman–Crippen LogP) is -10.2. The molecule has 0 heterocycles.